The van der Waals surface area contributed by atoms with Crippen LogP contribution >= 0.6 is 0 Å². The van der Waals surface area contributed by atoms with E-state index in [-0.39, 0.29) is 11.6 Å². The van der Waals surface area contributed by atoms with Crippen LogP contribution in [0, 0.1) is 5.92 Å². The van der Waals surface area contributed by atoms with Crippen molar-refractivity contribution in [2.24, 2.45) is 5.92 Å². The van der Waals surface area contributed by atoms with E-state index in [0.717, 1.165) is 0 Å². The minimum atomic E-state index is -0.531. The number of anilines is 1. The van der Waals surface area contributed by atoms with Crippen molar-refractivity contribution in [3.05, 3.63) is 29.3 Å². The van der Waals surface area contributed by atoms with Gasteiger partial charge >= 0.3 is 0 Å². The molecule has 0 saturated carbocycles. The lowest BCUT2D eigenvalue weighted by atomic mass is 10.1. The molecule has 0 bridgehead atoms. The highest BCUT2D eigenvalue weighted by atomic mass is 16.2. The number of hydrogen-bond donors (Lipinski definition) is 1. The lowest BCUT2D eigenvalue weighted by Crippen LogP contribution is -2.09. The van der Waals surface area contributed by atoms with Gasteiger partial charge in [0, 0.05) is 16.8 Å². The molecular formula is C10H9NO2. The van der Waals surface area contributed by atoms with Gasteiger partial charge in [-0.25, -0.2) is 0 Å². The average Bonchev–Trinajstić information content (AvgIpc) is 2.32. The third-order valence-electron chi connectivity index (χ3n) is 2.36. The first kappa shape index (κ1) is 7.98. The number of nitrogens with two attached hydrogens (primary N) is 1. The molecule has 1 unspecified atom stereocenters. The molecule has 3 heteroatoms. The molecule has 1 aliphatic rings. The van der Waals surface area contributed by atoms with Gasteiger partial charge in [0.1, 0.15) is 0 Å². The van der Waals surface area contributed by atoms with Gasteiger partial charge in [-0.1, -0.05) is 0 Å². The first-order valence-electron chi connectivity index (χ1n) is 4.09. The lowest BCUT2D eigenvalue weighted by Gasteiger charge is -1.96. The van der Waals surface area contributed by atoms with E-state index in [0.29, 0.717) is 16.8 Å². The van der Waals surface area contributed by atoms with E-state index in [1.807, 2.05) is 0 Å². The third-order valence-corrected chi connectivity index (χ3v) is 2.36. The van der Waals surface area contributed by atoms with Crippen LogP contribution in [0.2, 0.25) is 0 Å². The zero-order chi connectivity index (χ0) is 9.59. The number of fused-ring (bicyclic) bond motifs is 1. The highest BCUT2D eigenvalue weighted by molar-refractivity contribution is 6.26. The fourth-order valence-corrected chi connectivity index (χ4v) is 1.57. The molecule has 0 saturated heterocycles. The van der Waals surface area contributed by atoms with Crippen LogP contribution in [0.5, 0.6) is 0 Å². The summed E-state index contributed by atoms with van der Waals surface area (Å²) < 4.78 is 0. The van der Waals surface area contributed by atoms with Crippen molar-refractivity contribution < 1.29 is 9.59 Å². The van der Waals surface area contributed by atoms with E-state index in [1.54, 1.807) is 25.1 Å². The summed E-state index contributed by atoms with van der Waals surface area (Å²) in [6.45, 7) is 1.63. The average molecular weight is 175 g/mol. The summed E-state index contributed by atoms with van der Waals surface area (Å²) in [7, 11) is 0. The molecule has 0 radical (unpaired) electrons. The predicted octanol–water partition coefficient (Wildman–Crippen LogP) is 1.28. The Labute approximate surface area is 75.5 Å². The van der Waals surface area contributed by atoms with E-state index in [1.165, 1.54) is 0 Å². The summed E-state index contributed by atoms with van der Waals surface area (Å²) in [6.07, 6.45) is 0. The summed E-state index contributed by atoms with van der Waals surface area (Å²) in [6, 6.07) is 4.83. The van der Waals surface area contributed by atoms with Gasteiger partial charge in [0.05, 0.1) is 5.92 Å². The smallest absolute Gasteiger partial charge is 0.174 e. The van der Waals surface area contributed by atoms with E-state index in [9.17, 15) is 9.59 Å². The molecule has 2 rings (SSSR count). The van der Waals surface area contributed by atoms with Crippen LogP contribution in [-0.4, -0.2) is 11.6 Å². The minimum absolute atomic E-state index is 0.0972. The largest absolute Gasteiger partial charge is 0.399 e. The fraction of sp³-hybridized carbons (Fsp3) is 0.200. The Kier molecular flexibility index (Phi) is 1.49. The maximum absolute atomic E-state index is 11.5. The summed E-state index contributed by atoms with van der Waals surface area (Å²) in [4.78, 5) is 22.9. The van der Waals surface area contributed by atoms with E-state index < -0.39 is 5.92 Å². The SMILES string of the molecule is CC1C(=O)c2ccc(N)cc2C1=O. The number of nitrogen functional groups attached to an aromatic ring is 1. The summed E-state index contributed by atoms with van der Waals surface area (Å²) in [5.74, 6) is -0.746. The quantitative estimate of drug-likeness (QED) is 0.477. The zero-order valence-corrected chi connectivity index (χ0v) is 7.20. The third kappa shape index (κ3) is 0.967. The maximum atomic E-state index is 11.5. The Bertz CT molecular complexity index is 409. The molecule has 3 nitrogen and oxygen atoms in total. The highest BCUT2D eigenvalue weighted by Gasteiger charge is 2.34. The Morgan fingerprint density at radius 1 is 1.15 bits per heavy atom. The summed E-state index contributed by atoms with van der Waals surface area (Å²) in [5.41, 5.74) is 7.02. The van der Waals surface area contributed by atoms with Crippen LogP contribution < -0.4 is 5.73 Å². The van der Waals surface area contributed by atoms with Gasteiger partial charge in [-0.2, -0.15) is 0 Å². The molecule has 0 aliphatic heterocycles. The maximum Gasteiger partial charge on any atom is 0.174 e. The fourth-order valence-electron chi connectivity index (χ4n) is 1.57. The van der Waals surface area contributed by atoms with Gasteiger partial charge in [-0.3, -0.25) is 9.59 Å². The van der Waals surface area contributed by atoms with Gasteiger partial charge in [0.25, 0.3) is 0 Å². The number of carbonyl (C=O) groups excluding carboxylic acids is 2. The van der Waals surface area contributed by atoms with Crippen molar-refractivity contribution >= 4 is 17.3 Å². The molecule has 66 valence electrons. The monoisotopic (exact) mass is 175 g/mol. The van der Waals surface area contributed by atoms with Gasteiger partial charge in [0.2, 0.25) is 0 Å². The van der Waals surface area contributed by atoms with Crippen LogP contribution in [0.1, 0.15) is 27.6 Å². The number of ketones is 2. The van der Waals surface area contributed by atoms with Crippen molar-refractivity contribution in [2.75, 3.05) is 5.73 Å². The number of benzene rings is 1. The highest BCUT2D eigenvalue weighted by Crippen LogP contribution is 2.27. The van der Waals surface area contributed by atoms with Crippen LogP contribution in [-0.2, 0) is 0 Å². The van der Waals surface area contributed by atoms with E-state index in [4.69, 9.17) is 5.73 Å². The van der Waals surface area contributed by atoms with Gasteiger partial charge < -0.3 is 5.73 Å². The van der Waals surface area contributed by atoms with Crippen LogP contribution in [0.25, 0.3) is 0 Å². The predicted molar refractivity (Wildman–Crippen MR) is 48.7 cm³/mol. The molecule has 0 aromatic heterocycles. The Morgan fingerprint density at radius 3 is 2.46 bits per heavy atom. The molecule has 13 heavy (non-hydrogen) atoms. The number of rotatable bonds is 0. The molecule has 0 spiro atoms. The van der Waals surface area contributed by atoms with Gasteiger partial charge in [-0.05, 0) is 25.1 Å². The number of Topliss-reactive ketones (excluding diaryl/α,β-unsaturated/α-hetero) is 2. The summed E-state index contributed by atoms with van der Waals surface area (Å²) in [5, 5.41) is 0. The second-order valence-corrected chi connectivity index (χ2v) is 3.26. The Morgan fingerprint density at radius 2 is 1.77 bits per heavy atom. The molecule has 1 aliphatic carbocycles. The normalized spacial score (nSPS) is 20.5. The zero-order valence-electron chi connectivity index (χ0n) is 7.20. The van der Waals surface area contributed by atoms with Crippen LogP contribution in [0.3, 0.4) is 0 Å². The van der Waals surface area contributed by atoms with Crippen molar-refractivity contribution in [1.29, 1.82) is 0 Å². The number of carbonyl (C=O) groups is 2. The second kappa shape index (κ2) is 2.42. The molecule has 1 atom stereocenters. The molecule has 0 heterocycles. The molecule has 0 amide bonds. The van der Waals surface area contributed by atoms with Crippen molar-refractivity contribution in [1.82, 2.24) is 0 Å². The minimum Gasteiger partial charge on any atom is -0.399 e. The molecule has 1 aromatic rings. The van der Waals surface area contributed by atoms with E-state index in [2.05, 4.69) is 0 Å². The lowest BCUT2D eigenvalue weighted by molar-refractivity contribution is 0.0852. The van der Waals surface area contributed by atoms with E-state index >= 15 is 0 Å². The van der Waals surface area contributed by atoms with Crippen LogP contribution in [0.4, 0.5) is 5.69 Å². The standard InChI is InChI=1S/C10H9NO2/c1-5-9(12)7-3-2-6(11)4-8(7)10(5)13/h2-5H,11H2,1H3. The van der Waals surface area contributed by atoms with Gasteiger partial charge in [-0.15, -0.1) is 0 Å². The topological polar surface area (TPSA) is 60.2 Å². The Balaban J connectivity index is 2.67. The first-order valence-corrected chi connectivity index (χ1v) is 4.09. The molecule has 2 N–H and O–H groups in total. The van der Waals surface area contributed by atoms with Crippen LogP contribution in [0.15, 0.2) is 18.2 Å². The second-order valence-electron chi connectivity index (χ2n) is 3.26. The summed E-state index contributed by atoms with van der Waals surface area (Å²) >= 11 is 0. The van der Waals surface area contributed by atoms with Crippen molar-refractivity contribution in [3.8, 4) is 0 Å². The molecule has 0 fully saturated rings. The van der Waals surface area contributed by atoms with Crippen molar-refractivity contribution in [3.63, 3.8) is 0 Å². The van der Waals surface area contributed by atoms with Gasteiger partial charge in [0.15, 0.2) is 11.6 Å². The van der Waals surface area contributed by atoms with Crippen molar-refractivity contribution in [2.45, 2.75) is 6.92 Å². The molecule has 1 aromatic carbocycles. The molecular weight excluding hydrogens is 166 g/mol. The number of hydrogen-bond acceptors (Lipinski definition) is 3. The first-order chi connectivity index (χ1) is 6.11. The Hall–Kier alpha value is -1.64.